The summed E-state index contributed by atoms with van der Waals surface area (Å²) in [6.07, 6.45) is -0.646. The quantitative estimate of drug-likeness (QED) is 0.353. The molecule has 4 nitrogen and oxygen atoms in total. The van der Waals surface area contributed by atoms with Gasteiger partial charge < -0.3 is 10.2 Å². The number of nitriles is 1. The average Bonchev–Trinajstić information content (AvgIpc) is 1.87. The summed E-state index contributed by atoms with van der Waals surface area (Å²) in [6, 6.07) is 1.40. The molecule has 11 heavy (non-hydrogen) atoms. The van der Waals surface area contributed by atoms with E-state index in [9.17, 15) is 4.79 Å². The summed E-state index contributed by atoms with van der Waals surface area (Å²) in [6.45, 7) is 0. The van der Waals surface area contributed by atoms with Crippen LogP contribution in [-0.4, -0.2) is 65.4 Å². The zero-order valence-corrected chi connectivity index (χ0v) is 5.80. The number of hydrogen-bond acceptors (Lipinski definition) is 3. The summed E-state index contributed by atoms with van der Waals surface area (Å²) in [5.41, 5.74) is -1.92. The maximum absolute atomic E-state index is 9.96. The number of aliphatic hydroxyl groups is 1. The molecule has 0 rings (SSSR count). The minimum absolute atomic E-state index is 0. The second-order valence-electron chi connectivity index (χ2n) is 1.85. The fraction of sp³-hybridized carbons (Fsp3) is 0.600. The first-order valence-corrected chi connectivity index (χ1v) is 2.99. The predicted molar refractivity (Wildman–Crippen MR) is 42.1 cm³/mol. The number of aliphatic carboxylic acids is 1. The van der Waals surface area contributed by atoms with E-state index in [0.29, 0.717) is 0 Å². The Hall–Kier alpha value is 0.470. The maximum atomic E-state index is 9.96. The van der Waals surface area contributed by atoms with Gasteiger partial charge in [-0.1, -0.05) is 0 Å². The van der Waals surface area contributed by atoms with E-state index in [-0.39, 0.29) is 37.7 Å². The molecule has 0 aromatic rings. The van der Waals surface area contributed by atoms with Gasteiger partial charge in [0.25, 0.3) is 0 Å². The van der Waals surface area contributed by atoms with Gasteiger partial charge in [0.05, 0.1) is 18.4 Å². The predicted octanol–water partition coefficient (Wildman–Crippen LogP) is -0.962. The number of halogens is 1. The summed E-state index contributed by atoms with van der Waals surface area (Å²) in [4.78, 5) is 9.96. The van der Waals surface area contributed by atoms with Crippen LogP contribution in [0, 0.1) is 11.3 Å². The monoisotopic (exact) mass is 205 g/mol. The van der Waals surface area contributed by atoms with Gasteiger partial charge in [-0.3, -0.25) is 4.79 Å². The van der Waals surface area contributed by atoms with E-state index in [4.69, 9.17) is 27.1 Å². The first-order chi connectivity index (χ1) is 4.54. The third-order valence-corrected chi connectivity index (χ3v) is 1.31. The Labute approximate surface area is 98.8 Å². The van der Waals surface area contributed by atoms with Crippen molar-refractivity contribution in [3.63, 3.8) is 0 Å². The Kier molecular flexibility index (Phi) is 7.70. The van der Waals surface area contributed by atoms with Gasteiger partial charge in [-0.2, -0.15) is 5.26 Å². The Balaban J connectivity index is 0. The molecule has 0 saturated heterocycles. The summed E-state index contributed by atoms with van der Waals surface area (Å²) in [5.74, 6) is -1.64. The summed E-state index contributed by atoms with van der Waals surface area (Å²) in [7, 11) is 0. The number of carboxylic acids is 1. The third kappa shape index (κ3) is 5.71. The van der Waals surface area contributed by atoms with Crippen LogP contribution in [0.3, 0.4) is 0 Å². The van der Waals surface area contributed by atoms with Gasteiger partial charge in [0.1, 0.15) is 0 Å². The van der Waals surface area contributed by atoms with E-state index in [1.165, 1.54) is 6.07 Å². The standard InChI is InChI=1S/C5H6ClNO3.Ca.2H/c6-2-5(10,3-7)1-4(8)9;;;/h10H,1-2H2,(H,8,9);;;. The normalized spacial score (nSPS) is 13.9. The Morgan fingerprint density at radius 3 is 2.27 bits per heavy atom. The molecular formula is C5H8CaClNO3. The van der Waals surface area contributed by atoms with Crippen molar-refractivity contribution in [2.75, 3.05) is 5.88 Å². The molecule has 0 spiro atoms. The summed E-state index contributed by atoms with van der Waals surface area (Å²) in [5, 5.41) is 25.3. The molecule has 0 radical (unpaired) electrons. The van der Waals surface area contributed by atoms with Gasteiger partial charge in [-0.15, -0.1) is 11.6 Å². The zero-order valence-electron chi connectivity index (χ0n) is 5.04. The minimum atomic E-state index is -1.92. The number of carbonyl (C=O) groups is 1. The first kappa shape index (κ1) is 14.0. The van der Waals surface area contributed by atoms with Crippen LogP contribution >= 0.6 is 11.6 Å². The van der Waals surface area contributed by atoms with Crippen molar-refractivity contribution in [2.45, 2.75) is 12.0 Å². The molecule has 0 aromatic carbocycles. The van der Waals surface area contributed by atoms with Crippen molar-refractivity contribution in [1.82, 2.24) is 0 Å². The van der Waals surface area contributed by atoms with Crippen molar-refractivity contribution < 1.29 is 15.0 Å². The number of rotatable bonds is 3. The van der Waals surface area contributed by atoms with Crippen molar-refractivity contribution in [2.24, 2.45) is 0 Å². The molecule has 2 N–H and O–H groups in total. The van der Waals surface area contributed by atoms with E-state index in [0.717, 1.165) is 0 Å². The van der Waals surface area contributed by atoms with Crippen LogP contribution in [0.15, 0.2) is 0 Å². The van der Waals surface area contributed by atoms with E-state index >= 15 is 0 Å². The molecule has 0 amide bonds. The summed E-state index contributed by atoms with van der Waals surface area (Å²) >= 11 is 5.12. The van der Waals surface area contributed by atoms with Crippen LogP contribution in [0.1, 0.15) is 6.42 Å². The van der Waals surface area contributed by atoms with Crippen LogP contribution in [0.2, 0.25) is 0 Å². The zero-order chi connectivity index (χ0) is 8.20. The van der Waals surface area contributed by atoms with Crippen molar-refractivity contribution in [3.8, 4) is 6.07 Å². The molecule has 0 aliphatic heterocycles. The van der Waals surface area contributed by atoms with Gasteiger partial charge >= 0.3 is 43.7 Å². The Morgan fingerprint density at radius 2 is 2.18 bits per heavy atom. The van der Waals surface area contributed by atoms with Gasteiger partial charge in [-0.05, 0) is 0 Å². The fourth-order valence-electron chi connectivity index (χ4n) is 0.367. The molecule has 0 saturated carbocycles. The van der Waals surface area contributed by atoms with Crippen molar-refractivity contribution >= 4 is 55.3 Å². The number of alkyl halides is 1. The first-order valence-electron chi connectivity index (χ1n) is 2.45. The van der Waals surface area contributed by atoms with Crippen LogP contribution in [-0.2, 0) is 4.79 Å². The van der Waals surface area contributed by atoms with Gasteiger partial charge in [0.15, 0.2) is 5.60 Å². The van der Waals surface area contributed by atoms with Crippen LogP contribution < -0.4 is 0 Å². The van der Waals surface area contributed by atoms with E-state index in [1.807, 2.05) is 0 Å². The SMILES string of the molecule is N#CC(O)(CCl)CC(=O)O.[CaH2]. The second-order valence-corrected chi connectivity index (χ2v) is 2.11. The molecule has 0 fully saturated rings. The second kappa shape index (κ2) is 6.04. The third-order valence-electron chi connectivity index (χ3n) is 0.873. The molecule has 1 unspecified atom stereocenters. The van der Waals surface area contributed by atoms with E-state index in [2.05, 4.69) is 0 Å². The number of nitrogens with zero attached hydrogens (tertiary/aromatic N) is 1. The summed E-state index contributed by atoms with van der Waals surface area (Å²) < 4.78 is 0. The fourth-order valence-corrected chi connectivity index (χ4v) is 0.521. The van der Waals surface area contributed by atoms with Crippen LogP contribution in [0.5, 0.6) is 0 Å². The van der Waals surface area contributed by atoms with Gasteiger partial charge in [0, 0.05) is 0 Å². The van der Waals surface area contributed by atoms with Crippen molar-refractivity contribution in [1.29, 1.82) is 5.26 Å². The number of carboxylic acid groups (broad SMARTS) is 1. The molecule has 6 heteroatoms. The molecule has 0 bridgehead atoms. The molecule has 0 aliphatic carbocycles. The molecule has 0 aliphatic rings. The number of hydrogen-bond donors (Lipinski definition) is 2. The van der Waals surface area contributed by atoms with Crippen LogP contribution in [0.25, 0.3) is 0 Å². The van der Waals surface area contributed by atoms with Crippen LogP contribution in [0.4, 0.5) is 0 Å². The molecule has 0 aromatic heterocycles. The average molecular weight is 206 g/mol. The Bertz CT molecular complexity index is 181. The van der Waals surface area contributed by atoms with E-state index < -0.39 is 23.9 Å². The van der Waals surface area contributed by atoms with Crippen molar-refractivity contribution in [3.05, 3.63) is 0 Å². The molecular weight excluding hydrogens is 198 g/mol. The molecule has 0 heterocycles. The molecule has 1 atom stereocenters. The topological polar surface area (TPSA) is 81.3 Å². The molecule has 60 valence electrons. The Morgan fingerprint density at radius 1 is 1.73 bits per heavy atom. The van der Waals surface area contributed by atoms with Gasteiger partial charge in [-0.25, -0.2) is 0 Å². The van der Waals surface area contributed by atoms with E-state index in [1.54, 1.807) is 0 Å². The van der Waals surface area contributed by atoms with Gasteiger partial charge in [0.2, 0.25) is 0 Å².